The number of fused-ring (bicyclic) bond motifs is 3. The van der Waals surface area contributed by atoms with Crippen molar-refractivity contribution in [1.29, 1.82) is 0 Å². The fourth-order valence-corrected chi connectivity index (χ4v) is 4.88. The number of morpholine rings is 1. The molecule has 33 heavy (non-hydrogen) atoms. The Morgan fingerprint density at radius 1 is 1.09 bits per heavy atom. The smallest absolute Gasteiger partial charge is 0.379 e. The fourth-order valence-electron chi connectivity index (χ4n) is 4.88. The molecule has 3 aliphatic rings. The summed E-state index contributed by atoms with van der Waals surface area (Å²) >= 11 is 0. The van der Waals surface area contributed by atoms with Crippen LogP contribution in [0.15, 0.2) is 41.5 Å². The molecule has 0 saturated carbocycles. The minimum atomic E-state index is -0.585. The number of imide groups is 1. The van der Waals surface area contributed by atoms with Gasteiger partial charge in [0, 0.05) is 33.2 Å². The molecule has 1 aromatic carbocycles. The molecule has 1 atom stereocenters. The molecule has 3 aliphatic heterocycles. The van der Waals surface area contributed by atoms with Gasteiger partial charge in [0.2, 0.25) is 11.9 Å². The molecule has 2 saturated heterocycles. The van der Waals surface area contributed by atoms with E-state index < -0.39 is 6.04 Å². The molecule has 9 nitrogen and oxygen atoms in total. The van der Waals surface area contributed by atoms with Crippen molar-refractivity contribution in [2.45, 2.75) is 32.4 Å². The van der Waals surface area contributed by atoms with Crippen LogP contribution in [0.1, 0.15) is 23.7 Å². The summed E-state index contributed by atoms with van der Waals surface area (Å²) in [5.74, 6) is 1.05. The third-order valence-electron chi connectivity index (χ3n) is 6.75. The summed E-state index contributed by atoms with van der Waals surface area (Å²) in [6.07, 6.45) is 3.61. The summed E-state index contributed by atoms with van der Waals surface area (Å²) in [7, 11) is 1.71. The number of ether oxygens (including phenoxy) is 1. The second kappa shape index (κ2) is 9.07. The van der Waals surface area contributed by atoms with Gasteiger partial charge in [-0.2, -0.15) is 0 Å². The zero-order valence-electron chi connectivity index (χ0n) is 19.3. The largest absolute Gasteiger partial charge is 0.401 e. The Morgan fingerprint density at radius 3 is 2.61 bits per heavy atom. The molecule has 2 aromatic rings. The molecule has 2 fully saturated rings. The minimum Gasteiger partial charge on any atom is -0.379 e. The van der Waals surface area contributed by atoms with E-state index in [0.717, 1.165) is 63.0 Å². The lowest BCUT2D eigenvalue weighted by Gasteiger charge is -2.33. The molecule has 0 spiro atoms. The first-order valence-corrected chi connectivity index (χ1v) is 11.7. The summed E-state index contributed by atoms with van der Waals surface area (Å²) in [5.41, 5.74) is 2.17. The van der Waals surface area contributed by atoms with Crippen molar-refractivity contribution >= 4 is 23.7 Å². The third kappa shape index (κ3) is 4.06. The summed E-state index contributed by atoms with van der Waals surface area (Å²) in [6.45, 7) is 7.77. The van der Waals surface area contributed by atoms with E-state index in [1.165, 1.54) is 9.80 Å². The van der Waals surface area contributed by atoms with Crippen LogP contribution < -0.4 is 4.57 Å². The van der Waals surface area contributed by atoms with Crippen LogP contribution >= 0.6 is 0 Å². The molecule has 174 valence electrons. The lowest BCUT2D eigenvalue weighted by Crippen LogP contribution is -2.63. The number of amidine groups is 1. The van der Waals surface area contributed by atoms with Gasteiger partial charge < -0.3 is 4.74 Å². The van der Waals surface area contributed by atoms with Gasteiger partial charge in [0.15, 0.2) is 0 Å². The molecule has 5 rings (SSSR count). The van der Waals surface area contributed by atoms with Gasteiger partial charge in [0.1, 0.15) is 11.9 Å². The number of imidazole rings is 1. The molecule has 4 heterocycles. The number of amides is 3. The number of carbonyl (C=O) groups is 2. The number of urea groups is 1. The van der Waals surface area contributed by atoms with Crippen LogP contribution in [0.3, 0.4) is 0 Å². The maximum atomic E-state index is 13.4. The summed E-state index contributed by atoms with van der Waals surface area (Å²) in [6, 6.07) is 9.02. The van der Waals surface area contributed by atoms with E-state index in [-0.39, 0.29) is 11.9 Å². The topological polar surface area (TPSA) is 74.3 Å². The average molecular weight is 452 g/mol. The predicted octanol–water partition coefficient (Wildman–Crippen LogP) is 1.53. The van der Waals surface area contributed by atoms with Crippen LogP contribution in [0.2, 0.25) is 0 Å². The molecule has 9 heteroatoms. The van der Waals surface area contributed by atoms with E-state index in [2.05, 4.69) is 9.47 Å². The minimum absolute atomic E-state index is 0.206. The number of hydrogen-bond acceptors (Lipinski definition) is 5. The highest BCUT2D eigenvalue weighted by atomic mass is 16.5. The van der Waals surface area contributed by atoms with Gasteiger partial charge in [0.05, 0.1) is 19.8 Å². The fraction of sp³-hybridized carbons (Fsp3) is 0.500. The number of carbonyl (C=O) groups excluding carboxylic acids is 2. The first-order valence-electron chi connectivity index (χ1n) is 11.7. The third-order valence-corrected chi connectivity index (χ3v) is 6.75. The van der Waals surface area contributed by atoms with Crippen LogP contribution in [0.25, 0.3) is 0 Å². The molecular weight excluding hydrogens is 420 g/mol. The van der Waals surface area contributed by atoms with Crippen molar-refractivity contribution in [3.8, 4) is 0 Å². The number of aryl methyl sites for hydroxylation is 1. The van der Waals surface area contributed by atoms with Gasteiger partial charge in [-0.25, -0.2) is 13.9 Å². The number of nitrogens with zero attached hydrogens (tertiary/aromatic N) is 6. The summed E-state index contributed by atoms with van der Waals surface area (Å²) < 4.78 is 9.52. The van der Waals surface area contributed by atoms with Gasteiger partial charge >= 0.3 is 12.0 Å². The average Bonchev–Trinajstić information content (AvgIpc) is 3.34. The first-order chi connectivity index (χ1) is 16.0. The zero-order chi connectivity index (χ0) is 22.9. The van der Waals surface area contributed by atoms with Crippen LogP contribution in [0.5, 0.6) is 0 Å². The van der Waals surface area contributed by atoms with Crippen molar-refractivity contribution in [2.75, 3.05) is 46.4 Å². The Morgan fingerprint density at radius 2 is 1.85 bits per heavy atom. The summed E-state index contributed by atoms with van der Waals surface area (Å²) in [5, 5.41) is 0. The molecule has 3 amide bonds. The maximum absolute atomic E-state index is 13.4. The molecule has 0 N–H and O–H groups in total. The highest BCUT2D eigenvalue weighted by Crippen LogP contribution is 2.29. The van der Waals surface area contributed by atoms with Crippen molar-refractivity contribution < 1.29 is 18.9 Å². The first kappa shape index (κ1) is 21.8. The molecule has 1 unspecified atom stereocenters. The maximum Gasteiger partial charge on any atom is 0.401 e. The van der Waals surface area contributed by atoms with Crippen molar-refractivity contribution in [2.24, 2.45) is 4.99 Å². The molecule has 1 aromatic heterocycles. The highest BCUT2D eigenvalue weighted by molar-refractivity contribution is 6.19. The van der Waals surface area contributed by atoms with Gasteiger partial charge in [0.25, 0.3) is 5.91 Å². The molecular formula is C24H31N6O3+. The predicted molar refractivity (Wildman–Crippen MR) is 122 cm³/mol. The van der Waals surface area contributed by atoms with E-state index in [0.29, 0.717) is 18.8 Å². The Kier molecular flexibility index (Phi) is 5.99. The van der Waals surface area contributed by atoms with E-state index in [1.54, 1.807) is 7.05 Å². The number of hydrogen-bond donors (Lipinski definition) is 0. The van der Waals surface area contributed by atoms with E-state index in [9.17, 15) is 9.59 Å². The number of likely N-dealkylation sites (N-methyl/N-ethyl adjacent to an activating group) is 1. The van der Waals surface area contributed by atoms with Gasteiger partial charge in [-0.15, -0.1) is 0 Å². The van der Waals surface area contributed by atoms with Gasteiger partial charge in [-0.05, 0) is 25.3 Å². The number of benzene rings is 1. The van der Waals surface area contributed by atoms with E-state index in [4.69, 9.17) is 9.73 Å². The van der Waals surface area contributed by atoms with Crippen LogP contribution in [0, 0.1) is 6.92 Å². The van der Waals surface area contributed by atoms with Crippen LogP contribution in [0.4, 0.5) is 10.7 Å². The number of aliphatic imine (C=N–C) groups is 1. The molecule has 0 radical (unpaired) electrons. The van der Waals surface area contributed by atoms with Crippen molar-refractivity contribution in [1.82, 2.24) is 19.3 Å². The SMILES string of the molecule is Cc1c[n+]2c(n1CCCN1CCOCC1)N=C1C2C(=O)N(CCc2ccccc2)C(=O)N1C. The van der Waals surface area contributed by atoms with Crippen LogP contribution in [-0.2, 0) is 22.5 Å². The van der Waals surface area contributed by atoms with Crippen molar-refractivity contribution in [3.63, 3.8) is 0 Å². The summed E-state index contributed by atoms with van der Waals surface area (Å²) in [4.78, 5) is 36.5. The second-order valence-corrected chi connectivity index (χ2v) is 8.88. The monoisotopic (exact) mass is 451 g/mol. The lowest BCUT2D eigenvalue weighted by molar-refractivity contribution is -0.677. The Balaban J connectivity index is 1.32. The van der Waals surface area contributed by atoms with Crippen LogP contribution in [-0.4, -0.2) is 83.5 Å². The molecule has 0 bridgehead atoms. The number of rotatable bonds is 7. The standard InChI is InChI=1S/C24H31N6O3/c1-18-17-30-20-21(25-23(30)28(18)11-6-10-27-13-15-33-16-14-27)26(2)24(32)29(22(20)31)12-9-19-7-4-3-5-8-19/h3-5,7-8,17,20H,6,9-16H2,1-2H3/q+1. The zero-order valence-corrected chi connectivity index (χ0v) is 19.3. The lowest BCUT2D eigenvalue weighted by atomic mass is 10.1. The second-order valence-electron chi connectivity index (χ2n) is 8.88. The van der Waals surface area contributed by atoms with Crippen molar-refractivity contribution in [3.05, 3.63) is 47.8 Å². The van der Waals surface area contributed by atoms with Gasteiger partial charge in [-0.3, -0.25) is 19.5 Å². The van der Waals surface area contributed by atoms with Gasteiger partial charge in [-0.1, -0.05) is 35.3 Å². The Labute approximate surface area is 193 Å². The van der Waals surface area contributed by atoms with E-state index >= 15 is 0 Å². The Bertz CT molecular complexity index is 1070. The highest BCUT2D eigenvalue weighted by Gasteiger charge is 2.52. The van der Waals surface area contributed by atoms with E-state index in [1.807, 2.05) is 48.0 Å². The normalized spacial score (nSPS) is 20.8. The molecule has 0 aliphatic carbocycles. The Hall–Kier alpha value is -3.04. The quantitative estimate of drug-likeness (QED) is 0.599. The number of aromatic nitrogens is 2.